The minimum Gasteiger partial charge on any atom is -0.350 e. The third-order valence-corrected chi connectivity index (χ3v) is 4.37. The van der Waals surface area contributed by atoms with Crippen LogP contribution in [0, 0.1) is 5.92 Å². The largest absolute Gasteiger partial charge is 0.350 e. The molecule has 1 aromatic carbocycles. The van der Waals surface area contributed by atoms with Crippen LogP contribution in [0.15, 0.2) is 42.6 Å². The fraction of sp³-hybridized carbons (Fsp3) is 0.286. The molecule has 2 aromatic rings. The molecule has 4 amide bonds. The van der Waals surface area contributed by atoms with Crippen LogP contribution in [0.1, 0.15) is 55.4 Å². The van der Waals surface area contributed by atoms with E-state index in [1.54, 1.807) is 18.2 Å². The lowest BCUT2D eigenvalue weighted by molar-refractivity contribution is 0.0635. The summed E-state index contributed by atoms with van der Waals surface area (Å²) in [5, 5.41) is 5.35. The van der Waals surface area contributed by atoms with Gasteiger partial charge in [-0.25, -0.2) is 0 Å². The average molecular weight is 394 g/mol. The predicted octanol–water partition coefficient (Wildman–Crippen LogP) is 1.49. The van der Waals surface area contributed by atoms with E-state index in [0.717, 1.165) is 0 Å². The molecule has 0 fully saturated rings. The maximum atomic E-state index is 12.5. The lowest BCUT2D eigenvalue weighted by Crippen LogP contribution is -2.35. The van der Waals surface area contributed by atoms with Crippen LogP contribution in [0.25, 0.3) is 0 Å². The Hall–Kier alpha value is -3.55. The number of pyridine rings is 1. The van der Waals surface area contributed by atoms with Crippen LogP contribution in [0.4, 0.5) is 0 Å². The zero-order valence-electron chi connectivity index (χ0n) is 16.3. The molecule has 0 bridgehead atoms. The van der Waals surface area contributed by atoms with Crippen molar-refractivity contribution in [1.29, 1.82) is 0 Å². The van der Waals surface area contributed by atoms with Crippen LogP contribution in [0.3, 0.4) is 0 Å². The zero-order valence-corrected chi connectivity index (χ0v) is 16.3. The fourth-order valence-electron chi connectivity index (χ4n) is 3.00. The number of hydrogen-bond donors (Lipinski definition) is 2. The Kier molecular flexibility index (Phi) is 6.01. The van der Waals surface area contributed by atoms with E-state index in [-0.39, 0.29) is 53.8 Å². The molecule has 2 heterocycles. The number of aromatic nitrogens is 1. The molecule has 0 saturated heterocycles. The second-order valence-electron chi connectivity index (χ2n) is 7.10. The lowest BCUT2D eigenvalue weighted by atomic mass is 10.1. The first kappa shape index (κ1) is 20.2. The third-order valence-electron chi connectivity index (χ3n) is 4.37. The molecule has 29 heavy (non-hydrogen) atoms. The monoisotopic (exact) mass is 394 g/mol. The molecule has 1 aliphatic heterocycles. The molecular formula is C21H22N4O4. The molecule has 0 atom stereocenters. The SMILES string of the molecule is CC(C)CN1C(=O)c2ccc(C(=O)NCCNC(=O)c3ccccn3)cc2C1=O. The second kappa shape index (κ2) is 8.64. The first-order chi connectivity index (χ1) is 13.9. The number of fused-ring (bicyclic) bond motifs is 1. The Bertz CT molecular complexity index is 956. The van der Waals surface area contributed by atoms with Gasteiger partial charge in [0.1, 0.15) is 5.69 Å². The fourth-order valence-corrected chi connectivity index (χ4v) is 3.00. The summed E-state index contributed by atoms with van der Waals surface area (Å²) in [5.74, 6) is -1.27. The summed E-state index contributed by atoms with van der Waals surface area (Å²) < 4.78 is 0. The quantitative estimate of drug-likeness (QED) is 0.546. The molecule has 3 rings (SSSR count). The van der Waals surface area contributed by atoms with Crippen molar-refractivity contribution in [3.8, 4) is 0 Å². The molecular weight excluding hydrogens is 372 g/mol. The minimum atomic E-state index is -0.387. The summed E-state index contributed by atoms with van der Waals surface area (Å²) in [5.41, 5.74) is 1.14. The summed E-state index contributed by atoms with van der Waals surface area (Å²) in [6.45, 7) is 4.63. The van der Waals surface area contributed by atoms with Gasteiger partial charge in [-0.15, -0.1) is 0 Å². The second-order valence-corrected chi connectivity index (χ2v) is 7.10. The Morgan fingerprint density at radius 2 is 1.66 bits per heavy atom. The van der Waals surface area contributed by atoms with Crippen molar-refractivity contribution in [2.45, 2.75) is 13.8 Å². The molecule has 2 N–H and O–H groups in total. The number of carbonyl (C=O) groups is 4. The number of amides is 4. The van der Waals surface area contributed by atoms with E-state index in [2.05, 4.69) is 15.6 Å². The highest BCUT2D eigenvalue weighted by Gasteiger charge is 2.36. The van der Waals surface area contributed by atoms with Gasteiger partial charge in [0.25, 0.3) is 23.6 Å². The number of nitrogens with zero attached hydrogens (tertiary/aromatic N) is 2. The number of benzene rings is 1. The van der Waals surface area contributed by atoms with Gasteiger partial charge in [-0.3, -0.25) is 29.1 Å². The molecule has 0 unspecified atom stereocenters. The normalized spacial score (nSPS) is 12.9. The van der Waals surface area contributed by atoms with Gasteiger partial charge in [0, 0.05) is 31.4 Å². The van der Waals surface area contributed by atoms with Crippen molar-refractivity contribution in [3.05, 3.63) is 65.0 Å². The number of hydrogen-bond acceptors (Lipinski definition) is 5. The van der Waals surface area contributed by atoms with E-state index < -0.39 is 0 Å². The Balaban J connectivity index is 1.56. The summed E-state index contributed by atoms with van der Waals surface area (Å²) in [6, 6.07) is 9.50. The number of carbonyl (C=O) groups excluding carboxylic acids is 4. The standard InChI is InChI=1S/C21H22N4O4/c1-13(2)12-25-20(28)15-7-6-14(11-16(15)21(25)29)18(26)23-9-10-24-19(27)17-5-3-4-8-22-17/h3-8,11,13H,9-10,12H2,1-2H3,(H,23,26)(H,24,27). The van der Waals surface area contributed by atoms with E-state index in [4.69, 9.17) is 0 Å². The van der Waals surface area contributed by atoms with Crippen LogP contribution < -0.4 is 10.6 Å². The van der Waals surface area contributed by atoms with Gasteiger partial charge in [-0.2, -0.15) is 0 Å². The molecule has 1 aromatic heterocycles. The third kappa shape index (κ3) is 4.48. The maximum Gasteiger partial charge on any atom is 0.269 e. The van der Waals surface area contributed by atoms with Gasteiger partial charge in [0.15, 0.2) is 0 Å². The Labute approximate surface area is 168 Å². The van der Waals surface area contributed by atoms with Gasteiger partial charge < -0.3 is 10.6 Å². The van der Waals surface area contributed by atoms with Gasteiger partial charge in [-0.05, 0) is 36.2 Å². The molecule has 0 spiro atoms. The summed E-state index contributed by atoms with van der Waals surface area (Å²) >= 11 is 0. The van der Waals surface area contributed by atoms with E-state index in [1.165, 1.54) is 29.3 Å². The van der Waals surface area contributed by atoms with E-state index >= 15 is 0 Å². The predicted molar refractivity (Wildman–Crippen MR) is 106 cm³/mol. The number of nitrogens with one attached hydrogen (secondary N) is 2. The van der Waals surface area contributed by atoms with Crippen molar-refractivity contribution in [2.24, 2.45) is 5.92 Å². The number of rotatable bonds is 7. The van der Waals surface area contributed by atoms with E-state index in [9.17, 15) is 19.2 Å². The first-order valence-electron chi connectivity index (χ1n) is 9.36. The van der Waals surface area contributed by atoms with Gasteiger partial charge in [0.05, 0.1) is 11.1 Å². The molecule has 8 heteroatoms. The minimum absolute atomic E-state index is 0.154. The highest BCUT2D eigenvalue weighted by molar-refractivity contribution is 6.22. The van der Waals surface area contributed by atoms with Crippen molar-refractivity contribution in [1.82, 2.24) is 20.5 Å². The molecule has 1 aliphatic rings. The van der Waals surface area contributed by atoms with E-state index in [0.29, 0.717) is 17.8 Å². The lowest BCUT2D eigenvalue weighted by Gasteiger charge is -2.15. The smallest absolute Gasteiger partial charge is 0.269 e. The van der Waals surface area contributed by atoms with Crippen molar-refractivity contribution in [3.63, 3.8) is 0 Å². The van der Waals surface area contributed by atoms with E-state index in [1.807, 2.05) is 13.8 Å². The molecule has 0 radical (unpaired) electrons. The van der Waals surface area contributed by atoms with Crippen LogP contribution in [0.2, 0.25) is 0 Å². The summed E-state index contributed by atoms with van der Waals surface area (Å²) in [4.78, 5) is 54.3. The van der Waals surface area contributed by atoms with Crippen LogP contribution in [-0.2, 0) is 0 Å². The van der Waals surface area contributed by atoms with Crippen LogP contribution >= 0.6 is 0 Å². The number of imide groups is 1. The summed E-state index contributed by atoms with van der Waals surface area (Å²) in [6.07, 6.45) is 1.53. The van der Waals surface area contributed by atoms with Crippen molar-refractivity contribution >= 4 is 23.6 Å². The van der Waals surface area contributed by atoms with Gasteiger partial charge in [-0.1, -0.05) is 19.9 Å². The van der Waals surface area contributed by atoms with Crippen LogP contribution in [-0.4, -0.2) is 53.1 Å². The van der Waals surface area contributed by atoms with Crippen molar-refractivity contribution in [2.75, 3.05) is 19.6 Å². The first-order valence-corrected chi connectivity index (χ1v) is 9.36. The van der Waals surface area contributed by atoms with Crippen LogP contribution in [0.5, 0.6) is 0 Å². The average Bonchev–Trinajstić information content (AvgIpc) is 2.95. The topological polar surface area (TPSA) is 108 Å². The molecule has 0 saturated carbocycles. The highest BCUT2D eigenvalue weighted by Crippen LogP contribution is 2.24. The Morgan fingerprint density at radius 3 is 2.31 bits per heavy atom. The van der Waals surface area contributed by atoms with Gasteiger partial charge in [0.2, 0.25) is 0 Å². The van der Waals surface area contributed by atoms with Gasteiger partial charge >= 0.3 is 0 Å². The maximum absolute atomic E-state index is 12.5. The summed E-state index contributed by atoms with van der Waals surface area (Å²) in [7, 11) is 0. The zero-order chi connectivity index (χ0) is 21.0. The Morgan fingerprint density at radius 1 is 0.966 bits per heavy atom. The molecule has 150 valence electrons. The van der Waals surface area contributed by atoms with Crippen molar-refractivity contribution < 1.29 is 19.2 Å². The highest BCUT2D eigenvalue weighted by atomic mass is 16.2. The molecule has 0 aliphatic carbocycles. The molecule has 8 nitrogen and oxygen atoms in total.